The summed E-state index contributed by atoms with van der Waals surface area (Å²) in [6.07, 6.45) is -2.32. The normalized spacial score (nSPS) is 10.7. The van der Waals surface area contributed by atoms with Crippen LogP contribution in [0.25, 0.3) is 0 Å². The van der Waals surface area contributed by atoms with Gasteiger partial charge in [0.25, 0.3) is 6.43 Å². The van der Waals surface area contributed by atoms with Gasteiger partial charge in [-0.15, -0.1) is 0 Å². The number of aliphatic carboxylic acids is 1. The first kappa shape index (κ1) is 12.3. The zero-order valence-corrected chi connectivity index (χ0v) is 9.52. The van der Waals surface area contributed by atoms with Gasteiger partial charge in [0.05, 0.1) is 11.4 Å². The Kier molecular flexibility index (Phi) is 3.98. The van der Waals surface area contributed by atoms with Crippen molar-refractivity contribution in [2.75, 3.05) is 0 Å². The number of pyridine rings is 1. The van der Waals surface area contributed by atoms with Crippen molar-refractivity contribution in [3.63, 3.8) is 0 Å². The Morgan fingerprint density at radius 1 is 1.67 bits per heavy atom. The third-order valence-electron chi connectivity index (χ3n) is 1.64. The molecule has 0 aliphatic heterocycles. The lowest BCUT2D eigenvalue weighted by Crippen LogP contribution is -2.07. The molecule has 1 heterocycles. The van der Waals surface area contributed by atoms with Crippen molar-refractivity contribution >= 4 is 33.5 Å². The van der Waals surface area contributed by atoms with Crippen molar-refractivity contribution < 1.29 is 18.7 Å². The lowest BCUT2D eigenvalue weighted by atomic mass is 10.1. The first-order valence-electron chi connectivity index (χ1n) is 3.76. The van der Waals surface area contributed by atoms with E-state index < -0.39 is 24.5 Å². The van der Waals surface area contributed by atoms with Gasteiger partial charge < -0.3 is 5.11 Å². The number of nitrogens with zero attached hydrogens (tertiary/aromatic N) is 1. The first-order chi connectivity index (χ1) is 6.93. The molecule has 1 aromatic rings. The van der Waals surface area contributed by atoms with Crippen LogP contribution in [-0.4, -0.2) is 16.1 Å². The number of carboxylic acid groups (broad SMARTS) is 1. The lowest BCUT2D eigenvalue weighted by Gasteiger charge is -2.09. The molecule has 82 valence electrons. The second kappa shape index (κ2) is 4.85. The van der Waals surface area contributed by atoms with Gasteiger partial charge in [-0.1, -0.05) is 11.6 Å². The molecule has 0 unspecified atom stereocenters. The molecule has 0 saturated carbocycles. The Balaban J connectivity index is 3.28. The lowest BCUT2D eigenvalue weighted by molar-refractivity contribution is -0.136. The number of carboxylic acids is 1. The van der Waals surface area contributed by atoms with Crippen LogP contribution in [0.4, 0.5) is 8.78 Å². The molecule has 0 aliphatic carbocycles. The van der Waals surface area contributed by atoms with Crippen molar-refractivity contribution in [3.05, 3.63) is 26.9 Å². The van der Waals surface area contributed by atoms with E-state index in [1.54, 1.807) is 0 Å². The van der Waals surface area contributed by atoms with E-state index in [-0.39, 0.29) is 15.1 Å². The molecule has 0 aliphatic rings. The minimum absolute atomic E-state index is 0.0926. The van der Waals surface area contributed by atoms with Crippen molar-refractivity contribution in [1.82, 2.24) is 4.98 Å². The number of rotatable bonds is 3. The van der Waals surface area contributed by atoms with E-state index in [0.717, 1.165) is 6.20 Å². The Hall–Kier alpha value is -0.750. The second-order valence-electron chi connectivity index (χ2n) is 2.66. The number of aromatic nitrogens is 1. The SMILES string of the molecule is O=C(O)Cc1c(C(F)F)ncc(Cl)c1Br. The molecule has 1 aromatic heterocycles. The molecule has 0 amide bonds. The van der Waals surface area contributed by atoms with E-state index in [2.05, 4.69) is 20.9 Å². The number of carbonyl (C=O) groups is 1. The predicted octanol–water partition coefficient (Wildman–Crippen LogP) is 3.06. The molecule has 0 radical (unpaired) electrons. The highest BCUT2D eigenvalue weighted by molar-refractivity contribution is 9.10. The van der Waals surface area contributed by atoms with Gasteiger partial charge in [-0.25, -0.2) is 8.78 Å². The van der Waals surface area contributed by atoms with Crippen LogP contribution in [0.2, 0.25) is 5.02 Å². The molecule has 7 heteroatoms. The summed E-state index contributed by atoms with van der Waals surface area (Å²) in [5.41, 5.74) is -0.654. The largest absolute Gasteiger partial charge is 0.481 e. The van der Waals surface area contributed by atoms with Gasteiger partial charge in [0.15, 0.2) is 0 Å². The van der Waals surface area contributed by atoms with Gasteiger partial charge in [0.2, 0.25) is 0 Å². The average molecular weight is 300 g/mol. The third-order valence-corrected chi connectivity index (χ3v) is 3.06. The number of alkyl halides is 2. The van der Waals surface area contributed by atoms with Crippen molar-refractivity contribution in [2.24, 2.45) is 0 Å². The number of hydrogen-bond acceptors (Lipinski definition) is 2. The van der Waals surface area contributed by atoms with E-state index in [4.69, 9.17) is 16.7 Å². The fraction of sp³-hybridized carbons (Fsp3) is 0.250. The number of halogens is 4. The van der Waals surface area contributed by atoms with Crippen molar-refractivity contribution in [3.8, 4) is 0 Å². The third kappa shape index (κ3) is 2.85. The Morgan fingerprint density at radius 3 is 2.73 bits per heavy atom. The summed E-state index contributed by atoms with van der Waals surface area (Å²) in [6, 6.07) is 0. The maximum absolute atomic E-state index is 12.5. The summed E-state index contributed by atoms with van der Waals surface area (Å²) >= 11 is 8.59. The summed E-state index contributed by atoms with van der Waals surface area (Å²) in [5.74, 6) is -1.22. The monoisotopic (exact) mass is 299 g/mol. The molecular formula is C8H5BrClF2NO2. The van der Waals surface area contributed by atoms with E-state index in [1.807, 2.05) is 0 Å². The highest BCUT2D eigenvalue weighted by atomic mass is 79.9. The molecule has 15 heavy (non-hydrogen) atoms. The summed E-state index contributed by atoms with van der Waals surface area (Å²) < 4.78 is 25.1. The van der Waals surface area contributed by atoms with Gasteiger partial charge in [0.1, 0.15) is 5.69 Å². The maximum Gasteiger partial charge on any atom is 0.307 e. The Bertz CT molecular complexity index is 400. The zero-order valence-electron chi connectivity index (χ0n) is 7.18. The summed E-state index contributed by atoms with van der Waals surface area (Å²) in [4.78, 5) is 13.9. The minimum Gasteiger partial charge on any atom is -0.481 e. The Morgan fingerprint density at radius 2 is 2.27 bits per heavy atom. The van der Waals surface area contributed by atoms with Gasteiger partial charge >= 0.3 is 5.97 Å². The Labute approximate surface area is 97.2 Å². The quantitative estimate of drug-likeness (QED) is 0.933. The minimum atomic E-state index is -2.83. The van der Waals surface area contributed by atoms with E-state index in [9.17, 15) is 13.6 Å². The molecule has 1 rings (SSSR count). The van der Waals surface area contributed by atoms with E-state index in [1.165, 1.54) is 0 Å². The van der Waals surface area contributed by atoms with Gasteiger partial charge in [-0.05, 0) is 15.9 Å². The van der Waals surface area contributed by atoms with Crippen molar-refractivity contribution in [2.45, 2.75) is 12.8 Å². The van der Waals surface area contributed by atoms with Crippen molar-refractivity contribution in [1.29, 1.82) is 0 Å². The highest BCUT2D eigenvalue weighted by Crippen LogP contribution is 2.32. The summed E-state index contributed by atoms with van der Waals surface area (Å²) in [7, 11) is 0. The van der Waals surface area contributed by atoms with E-state index >= 15 is 0 Å². The summed E-state index contributed by atoms with van der Waals surface area (Å²) in [5, 5.41) is 8.66. The second-order valence-corrected chi connectivity index (χ2v) is 3.86. The van der Waals surface area contributed by atoms with Crippen LogP contribution in [0.5, 0.6) is 0 Å². The molecule has 0 spiro atoms. The molecule has 0 atom stereocenters. The van der Waals surface area contributed by atoms with Gasteiger partial charge in [-0.2, -0.15) is 0 Å². The van der Waals surface area contributed by atoms with Crippen LogP contribution in [0.1, 0.15) is 17.7 Å². The molecule has 1 N–H and O–H groups in total. The maximum atomic E-state index is 12.5. The molecule has 0 aromatic carbocycles. The topological polar surface area (TPSA) is 50.2 Å². The fourth-order valence-electron chi connectivity index (χ4n) is 1.02. The van der Waals surface area contributed by atoms with Crippen LogP contribution >= 0.6 is 27.5 Å². The molecule has 0 saturated heterocycles. The van der Waals surface area contributed by atoms with Crippen LogP contribution in [0.3, 0.4) is 0 Å². The predicted molar refractivity (Wildman–Crippen MR) is 53.2 cm³/mol. The first-order valence-corrected chi connectivity index (χ1v) is 4.93. The van der Waals surface area contributed by atoms with Crippen LogP contribution < -0.4 is 0 Å². The average Bonchev–Trinajstić information content (AvgIpc) is 2.12. The van der Waals surface area contributed by atoms with Gasteiger partial charge in [0, 0.05) is 16.2 Å². The van der Waals surface area contributed by atoms with Crippen LogP contribution in [-0.2, 0) is 11.2 Å². The molecular weight excluding hydrogens is 295 g/mol. The number of hydrogen-bond donors (Lipinski definition) is 1. The zero-order chi connectivity index (χ0) is 11.6. The van der Waals surface area contributed by atoms with Crippen LogP contribution in [0, 0.1) is 0 Å². The van der Waals surface area contributed by atoms with Crippen LogP contribution in [0.15, 0.2) is 10.7 Å². The van der Waals surface area contributed by atoms with E-state index in [0.29, 0.717) is 0 Å². The molecule has 3 nitrogen and oxygen atoms in total. The standard InChI is InChI=1S/C8H5BrClF2NO2/c9-6-3(1-5(14)15)7(8(11)12)13-2-4(6)10/h2,8H,1H2,(H,14,15). The smallest absolute Gasteiger partial charge is 0.307 e. The van der Waals surface area contributed by atoms with Gasteiger partial charge in [-0.3, -0.25) is 9.78 Å². The fourth-order valence-corrected chi connectivity index (χ4v) is 1.63. The molecule has 0 fully saturated rings. The molecule has 0 bridgehead atoms. The summed E-state index contributed by atoms with van der Waals surface area (Å²) in [6.45, 7) is 0. The highest BCUT2D eigenvalue weighted by Gasteiger charge is 2.20.